The summed E-state index contributed by atoms with van der Waals surface area (Å²) in [6.45, 7) is 5.13. The third-order valence-electron chi connectivity index (χ3n) is 4.43. The van der Waals surface area contributed by atoms with Crippen LogP contribution in [0.2, 0.25) is 5.02 Å². The largest absolute Gasteiger partial charge is 0.444 e. The number of nitrogens with one attached hydrogen (secondary N) is 1. The molecule has 0 fully saturated rings. The standard InChI is InChI=1S/C21H21ClFN3O5S/c1-21(2,3)31-20(28)24-15-11-32-18-8-14(23)16(26(29)30)9-17(18)25(19(15)27)10-12-4-6-13(22)7-5-12/h4-9,15H,10-11H2,1-3H3,(H,24,28)/t15-/m0/s1. The molecule has 1 aliphatic rings. The van der Waals surface area contributed by atoms with Crippen LogP contribution in [0, 0.1) is 15.9 Å². The van der Waals surface area contributed by atoms with Crippen molar-refractivity contribution in [1.82, 2.24) is 5.32 Å². The zero-order chi connectivity index (χ0) is 23.6. The Morgan fingerprint density at radius 3 is 2.59 bits per heavy atom. The average Bonchev–Trinajstić information content (AvgIpc) is 2.79. The van der Waals surface area contributed by atoms with E-state index in [1.165, 1.54) is 4.90 Å². The fraction of sp³-hybridized carbons (Fsp3) is 0.333. The van der Waals surface area contributed by atoms with Gasteiger partial charge in [-0.3, -0.25) is 14.9 Å². The number of halogens is 2. The van der Waals surface area contributed by atoms with Gasteiger partial charge in [-0.05, 0) is 44.5 Å². The number of anilines is 1. The van der Waals surface area contributed by atoms with Crippen molar-refractivity contribution in [1.29, 1.82) is 0 Å². The minimum absolute atomic E-state index is 0.0405. The number of thioether (sulfide) groups is 1. The SMILES string of the molecule is CC(C)(C)OC(=O)N[C@H]1CSc2cc(F)c([N+](=O)[O-])cc2N(Cc2ccc(Cl)cc2)C1=O. The van der Waals surface area contributed by atoms with Gasteiger partial charge in [-0.15, -0.1) is 11.8 Å². The molecule has 0 unspecified atom stereocenters. The van der Waals surface area contributed by atoms with Crippen LogP contribution < -0.4 is 10.2 Å². The molecule has 3 rings (SSSR count). The lowest BCUT2D eigenvalue weighted by molar-refractivity contribution is -0.387. The van der Waals surface area contributed by atoms with Gasteiger partial charge in [-0.1, -0.05) is 23.7 Å². The van der Waals surface area contributed by atoms with Crippen LogP contribution in [-0.4, -0.2) is 34.3 Å². The second-order valence-corrected chi connectivity index (χ2v) is 9.59. The van der Waals surface area contributed by atoms with Crippen LogP contribution in [0.25, 0.3) is 0 Å². The molecule has 0 saturated carbocycles. The average molecular weight is 482 g/mol. The number of hydrogen-bond acceptors (Lipinski definition) is 6. The van der Waals surface area contributed by atoms with Crippen LogP contribution in [-0.2, 0) is 16.1 Å². The molecule has 0 bridgehead atoms. The molecule has 0 spiro atoms. The van der Waals surface area contributed by atoms with E-state index in [9.17, 15) is 24.1 Å². The summed E-state index contributed by atoms with van der Waals surface area (Å²) in [5.74, 6) is -1.41. The quantitative estimate of drug-likeness (QED) is 0.491. The third-order valence-corrected chi connectivity index (χ3v) is 5.82. The fourth-order valence-corrected chi connectivity index (χ4v) is 4.24. The normalized spacial score (nSPS) is 16.2. The van der Waals surface area contributed by atoms with Gasteiger partial charge in [0.15, 0.2) is 0 Å². The van der Waals surface area contributed by atoms with Crippen molar-refractivity contribution in [2.75, 3.05) is 10.7 Å². The molecule has 0 aromatic heterocycles. The first-order valence-corrected chi connectivity index (χ1v) is 11.0. The van der Waals surface area contributed by atoms with Gasteiger partial charge in [-0.25, -0.2) is 4.79 Å². The van der Waals surface area contributed by atoms with Crippen molar-refractivity contribution in [3.05, 3.63) is 62.9 Å². The van der Waals surface area contributed by atoms with Crippen LogP contribution in [0.5, 0.6) is 0 Å². The topological polar surface area (TPSA) is 102 Å². The predicted octanol–water partition coefficient (Wildman–Crippen LogP) is 4.92. The summed E-state index contributed by atoms with van der Waals surface area (Å²) in [6.07, 6.45) is -0.772. The Hall–Kier alpha value is -2.85. The van der Waals surface area contributed by atoms with Crippen LogP contribution in [0.3, 0.4) is 0 Å². The Morgan fingerprint density at radius 2 is 2.00 bits per heavy atom. The highest BCUT2D eigenvalue weighted by Crippen LogP contribution is 2.39. The van der Waals surface area contributed by atoms with E-state index in [1.807, 2.05) is 0 Å². The number of hydrogen-bond donors (Lipinski definition) is 1. The number of carbonyl (C=O) groups excluding carboxylic acids is 2. The van der Waals surface area contributed by atoms with Gasteiger partial charge in [-0.2, -0.15) is 4.39 Å². The maximum absolute atomic E-state index is 14.3. The van der Waals surface area contributed by atoms with Crippen molar-refractivity contribution < 1.29 is 23.6 Å². The summed E-state index contributed by atoms with van der Waals surface area (Å²) in [5.41, 5.74) is -0.613. The lowest BCUT2D eigenvalue weighted by atomic mass is 10.1. The zero-order valence-corrected chi connectivity index (χ0v) is 19.1. The molecule has 0 radical (unpaired) electrons. The van der Waals surface area contributed by atoms with Crippen LogP contribution in [0.15, 0.2) is 41.3 Å². The van der Waals surface area contributed by atoms with E-state index in [1.54, 1.807) is 45.0 Å². The first-order chi connectivity index (χ1) is 14.9. The van der Waals surface area contributed by atoms with Gasteiger partial charge in [0.05, 0.1) is 17.2 Å². The molecule has 8 nitrogen and oxygen atoms in total. The Kier molecular flexibility index (Phi) is 6.94. The van der Waals surface area contributed by atoms with E-state index in [0.29, 0.717) is 15.5 Å². The predicted molar refractivity (Wildman–Crippen MR) is 120 cm³/mol. The van der Waals surface area contributed by atoms with Gasteiger partial charge < -0.3 is 15.0 Å². The van der Waals surface area contributed by atoms with Gasteiger partial charge >= 0.3 is 11.8 Å². The summed E-state index contributed by atoms with van der Waals surface area (Å²) in [4.78, 5) is 37.8. The molecule has 1 heterocycles. The van der Waals surface area contributed by atoms with Crippen molar-refractivity contribution in [2.24, 2.45) is 0 Å². The van der Waals surface area contributed by atoms with Crippen LogP contribution in [0.1, 0.15) is 26.3 Å². The minimum Gasteiger partial charge on any atom is -0.444 e. The van der Waals surface area contributed by atoms with Gasteiger partial charge in [0.1, 0.15) is 11.6 Å². The highest BCUT2D eigenvalue weighted by Gasteiger charge is 2.35. The lowest BCUT2D eigenvalue weighted by Gasteiger charge is -2.27. The molecule has 1 N–H and O–H groups in total. The van der Waals surface area contributed by atoms with Crippen molar-refractivity contribution in [2.45, 2.75) is 43.9 Å². The molecule has 170 valence electrons. The Morgan fingerprint density at radius 1 is 1.34 bits per heavy atom. The summed E-state index contributed by atoms with van der Waals surface area (Å²) >= 11 is 7.05. The number of ether oxygens (including phenoxy) is 1. The van der Waals surface area contributed by atoms with Crippen molar-refractivity contribution in [3.63, 3.8) is 0 Å². The summed E-state index contributed by atoms with van der Waals surface area (Å²) < 4.78 is 19.5. The smallest absolute Gasteiger partial charge is 0.408 e. The van der Waals surface area contributed by atoms with Gasteiger partial charge in [0, 0.05) is 21.7 Å². The molecule has 11 heteroatoms. The number of amides is 2. The van der Waals surface area contributed by atoms with E-state index in [-0.39, 0.29) is 18.0 Å². The number of nitro groups is 1. The first kappa shape index (κ1) is 23.8. The molecule has 2 aromatic carbocycles. The first-order valence-electron chi connectivity index (χ1n) is 9.60. The number of rotatable bonds is 4. The Bertz CT molecular complexity index is 1060. The Balaban J connectivity index is 2.00. The molecule has 2 amide bonds. The molecular formula is C21H21ClFN3O5S. The maximum atomic E-state index is 14.3. The monoisotopic (exact) mass is 481 g/mol. The molecule has 0 aliphatic carbocycles. The lowest BCUT2D eigenvalue weighted by Crippen LogP contribution is -2.50. The Labute approximate surface area is 193 Å². The number of fused-ring (bicyclic) bond motifs is 1. The van der Waals surface area contributed by atoms with E-state index >= 15 is 0 Å². The second kappa shape index (κ2) is 9.33. The third kappa shape index (κ3) is 5.68. The van der Waals surface area contributed by atoms with Crippen LogP contribution in [0.4, 0.5) is 20.6 Å². The molecule has 2 aromatic rings. The fourth-order valence-electron chi connectivity index (χ4n) is 3.04. The summed E-state index contributed by atoms with van der Waals surface area (Å²) in [7, 11) is 0. The van der Waals surface area contributed by atoms with Crippen LogP contribution >= 0.6 is 23.4 Å². The molecule has 1 atom stereocenters. The number of alkyl carbamates (subject to hydrolysis) is 1. The highest BCUT2D eigenvalue weighted by molar-refractivity contribution is 7.99. The number of nitrogens with zero attached hydrogens (tertiary/aromatic N) is 2. The highest BCUT2D eigenvalue weighted by atomic mass is 35.5. The van der Waals surface area contributed by atoms with E-state index < -0.39 is 40.1 Å². The van der Waals surface area contributed by atoms with Gasteiger partial charge in [0.25, 0.3) is 5.91 Å². The van der Waals surface area contributed by atoms with E-state index in [4.69, 9.17) is 16.3 Å². The van der Waals surface area contributed by atoms with Crippen molar-refractivity contribution >= 4 is 46.7 Å². The number of nitro benzene ring substituents is 1. The summed E-state index contributed by atoms with van der Waals surface area (Å²) in [5, 5.41) is 14.4. The second-order valence-electron chi connectivity index (χ2n) is 8.09. The van der Waals surface area contributed by atoms with Crippen molar-refractivity contribution in [3.8, 4) is 0 Å². The summed E-state index contributed by atoms with van der Waals surface area (Å²) in [6, 6.07) is 7.81. The zero-order valence-electron chi connectivity index (χ0n) is 17.6. The number of benzene rings is 2. The molecule has 1 aliphatic heterocycles. The molecule has 0 saturated heterocycles. The molecular weight excluding hydrogens is 461 g/mol. The number of carbonyl (C=O) groups is 2. The van der Waals surface area contributed by atoms with Gasteiger partial charge in [0.2, 0.25) is 5.82 Å². The van der Waals surface area contributed by atoms with E-state index in [2.05, 4.69) is 5.32 Å². The molecule has 32 heavy (non-hydrogen) atoms. The minimum atomic E-state index is -1.00. The van der Waals surface area contributed by atoms with E-state index in [0.717, 1.165) is 23.9 Å². The maximum Gasteiger partial charge on any atom is 0.408 e.